The van der Waals surface area contributed by atoms with E-state index in [1.54, 1.807) is 18.2 Å². The third-order valence-corrected chi connectivity index (χ3v) is 5.36. The predicted molar refractivity (Wildman–Crippen MR) is 80.3 cm³/mol. The molecular weight excluding hydrogens is 290 g/mol. The Kier molecular flexibility index (Phi) is 4.80. The van der Waals surface area contributed by atoms with Crippen LogP contribution in [0.25, 0.3) is 6.08 Å². The van der Waals surface area contributed by atoms with Crippen LogP contribution >= 0.6 is 0 Å². The number of hydrogen-bond donors (Lipinski definition) is 1. The fourth-order valence-corrected chi connectivity index (χ4v) is 3.66. The number of carbonyl (C=O) groups is 1. The van der Waals surface area contributed by atoms with Crippen LogP contribution in [0.2, 0.25) is 0 Å². The van der Waals surface area contributed by atoms with Crippen LogP contribution in [0.1, 0.15) is 25.3 Å². The average Bonchev–Trinajstić information content (AvgIpc) is 3.26. The largest absolute Gasteiger partial charge is 0.478 e. The molecule has 1 saturated carbocycles. The molecule has 0 aromatic heterocycles. The van der Waals surface area contributed by atoms with E-state index < -0.39 is 16.0 Å². The highest BCUT2D eigenvalue weighted by molar-refractivity contribution is 7.89. The van der Waals surface area contributed by atoms with E-state index in [0.29, 0.717) is 24.6 Å². The van der Waals surface area contributed by atoms with Crippen molar-refractivity contribution in [2.24, 2.45) is 5.92 Å². The van der Waals surface area contributed by atoms with Crippen LogP contribution in [0.4, 0.5) is 0 Å². The lowest BCUT2D eigenvalue weighted by Crippen LogP contribution is -2.32. The fourth-order valence-electron chi connectivity index (χ4n) is 2.08. The Morgan fingerprint density at radius 3 is 2.71 bits per heavy atom. The Hall–Kier alpha value is -1.66. The Balaban J connectivity index is 2.26. The van der Waals surface area contributed by atoms with E-state index in [4.69, 9.17) is 5.11 Å². The van der Waals surface area contributed by atoms with Crippen LogP contribution in [0.3, 0.4) is 0 Å². The van der Waals surface area contributed by atoms with Crippen LogP contribution in [0.5, 0.6) is 0 Å². The van der Waals surface area contributed by atoms with Gasteiger partial charge in [0.25, 0.3) is 0 Å². The van der Waals surface area contributed by atoms with Crippen LogP contribution in [-0.4, -0.2) is 36.9 Å². The minimum absolute atomic E-state index is 0.206. The first-order valence-corrected chi connectivity index (χ1v) is 8.38. The Bertz CT molecular complexity index is 647. The molecule has 1 N–H and O–H groups in total. The molecule has 21 heavy (non-hydrogen) atoms. The lowest BCUT2D eigenvalue weighted by Gasteiger charge is -2.20. The van der Waals surface area contributed by atoms with Gasteiger partial charge in [0, 0.05) is 19.2 Å². The number of sulfonamides is 1. The zero-order valence-corrected chi connectivity index (χ0v) is 12.7. The molecule has 0 unspecified atom stereocenters. The number of carboxylic acids is 1. The summed E-state index contributed by atoms with van der Waals surface area (Å²) in [6.45, 7) is 2.83. The van der Waals surface area contributed by atoms with Crippen LogP contribution < -0.4 is 0 Å². The second-order valence-corrected chi connectivity index (χ2v) is 7.08. The van der Waals surface area contributed by atoms with Crippen LogP contribution in [-0.2, 0) is 14.8 Å². The second kappa shape index (κ2) is 6.41. The fraction of sp³-hybridized carbons (Fsp3) is 0.400. The summed E-state index contributed by atoms with van der Waals surface area (Å²) in [5, 5.41) is 8.62. The van der Waals surface area contributed by atoms with Crippen LogP contribution in [0.15, 0.2) is 35.2 Å². The van der Waals surface area contributed by atoms with E-state index in [2.05, 4.69) is 0 Å². The molecule has 1 aromatic carbocycles. The highest BCUT2D eigenvalue weighted by Crippen LogP contribution is 2.31. The average molecular weight is 309 g/mol. The quantitative estimate of drug-likeness (QED) is 0.784. The molecule has 114 valence electrons. The molecule has 0 spiro atoms. The zero-order valence-electron chi connectivity index (χ0n) is 11.9. The van der Waals surface area contributed by atoms with E-state index in [1.165, 1.54) is 16.4 Å². The van der Waals surface area contributed by atoms with Crippen molar-refractivity contribution in [2.75, 3.05) is 13.1 Å². The normalized spacial score (nSPS) is 15.7. The summed E-state index contributed by atoms with van der Waals surface area (Å²) in [6, 6.07) is 6.35. The van der Waals surface area contributed by atoms with E-state index in [0.717, 1.165) is 18.9 Å². The molecule has 1 aliphatic carbocycles. The topological polar surface area (TPSA) is 74.7 Å². The summed E-state index contributed by atoms with van der Waals surface area (Å²) < 4.78 is 26.7. The number of benzene rings is 1. The molecule has 0 saturated heterocycles. The number of aliphatic carboxylic acids is 1. The minimum atomic E-state index is -3.52. The van der Waals surface area contributed by atoms with Gasteiger partial charge in [-0.2, -0.15) is 4.31 Å². The van der Waals surface area contributed by atoms with Gasteiger partial charge in [-0.1, -0.05) is 19.1 Å². The van der Waals surface area contributed by atoms with Gasteiger partial charge in [-0.25, -0.2) is 13.2 Å². The third kappa shape index (κ3) is 4.15. The molecule has 0 radical (unpaired) electrons. The molecule has 6 heteroatoms. The van der Waals surface area contributed by atoms with E-state index in [1.807, 2.05) is 6.92 Å². The smallest absolute Gasteiger partial charge is 0.328 e. The zero-order chi connectivity index (χ0) is 15.5. The molecule has 0 aliphatic heterocycles. The maximum atomic E-state index is 12.6. The van der Waals surface area contributed by atoms with E-state index in [9.17, 15) is 13.2 Å². The van der Waals surface area contributed by atoms with Gasteiger partial charge in [0.1, 0.15) is 0 Å². The van der Waals surface area contributed by atoms with Gasteiger partial charge in [0.05, 0.1) is 4.90 Å². The lowest BCUT2D eigenvalue weighted by atomic mass is 10.2. The Labute approximate surface area is 124 Å². The summed E-state index contributed by atoms with van der Waals surface area (Å²) in [4.78, 5) is 10.7. The highest BCUT2D eigenvalue weighted by Gasteiger charge is 2.30. The molecule has 1 aromatic rings. The van der Waals surface area contributed by atoms with Crippen LogP contribution in [0, 0.1) is 5.92 Å². The first kappa shape index (κ1) is 15.7. The van der Waals surface area contributed by atoms with Gasteiger partial charge in [-0.15, -0.1) is 0 Å². The molecule has 0 heterocycles. The second-order valence-electron chi connectivity index (χ2n) is 5.14. The van der Waals surface area contributed by atoms with Gasteiger partial charge < -0.3 is 5.11 Å². The van der Waals surface area contributed by atoms with Gasteiger partial charge in [0.2, 0.25) is 10.0 Å². The Morgan fingerprint density at radius 1 is 1.43 bits per heavy atom. The third-order valence-electron chi connectivity index (χ3n) is 3.43. The molecule has 0 atom stereocenters. The van der Waals surface area contributed by atoms with Crippen molar-refractivity contribution in [1.82, 2.24) is 4.31 Å². The first-order valence-electron chi connectivity index (χ1n) is 6.94. The first-order chi connectivity index (χ1) is 9.93. The molecule has 1 aliphatic rings. The number of nitrogens with zero attached hydrogens (tertiary/aromatic N) is 1. The highest BCUT2D eigenvalue weighted by atomic mass is 32.2. The van der Waals surface area contributed by atoms with Gasteiger partial charge in [0.15, 0.2) is 0 Å². The molecule has 0 bridgehead atoms. The summed E-state index contributed by atoms with van der Waals surface area (Å²) in [5.41, 5.74) is 0.556. The molecule has 1 fully saturated rings. The molecular formula is C15H19NO4S. The summed E-state index contributed by atoms with van der Waals surface area (Å²) in [7, 11) is -3.52. The maximum absolute atomic E-state index is 12.6. The summed E-state index contributed by atoms with van der Waals surface area (Å²) in [5.74, 6) is -0.581. The van der Waals surface area contributed by atoms with E-state index in [-0.39, 0.29) is 4.90 Å². The van der Waals surface area contributed by atoms with Crippen molar-refractivity contribution in [3.8, 4) is 0 Å². The van der Waals surface area contributed by atoms with Crippen molar-refractivity contribution in [3.05, 3.63) is 35.9 Å². The van der Waals surface area contributed by atoms with Gasteiger partial charge >= 0.3 is 5.97 Å². The van der Waals surface area contributed by atoms with Gasteiger partial charge in [-0.3, -0.25) is 0 Å². The van der Waals surface area contributed by atoms with Crippen molar-refractivity contribution < 1.29 is 18.3 Å². The van der Waals surface area contributed by atoms with Gasteiger partial charge in [-0.05, 0) is 42.5 Å². The van der Waals surface area contributed by atoms with Crippen molar-refractivity contribution in [2.45, 2.75) is 24.7 Å². The molecule has 5 nitrogen and oxygen atoms in total. The number of hydrogen-bond acceptors (Lipinski definition) is 3. The van der Waals surface area contributed by atoms with Crippen molar-refractivity contribution in [1.29, 1.82) is 0 Å². The Morgan fingerprint density at radius 2 is 2.14 bits per heavy atom. The monoisotopic (exact) mass is 309 g/mol. The van der Waals surface area contributed by atoms with E-state index >= 15 is 0 Å². The van der Waals surface area contributed by atoms with Crippen molar-refractivity contribution >= 4 is 22.1 Å². The standard InChI is InChI=1S/C15H19NO4S/c1-2-16(11-13-6-7-13)21(19,20)14-5-3-4-12(10-14)8-9-15(17)18/h3-5,8-10,13H,2,6-7,11H2,1H3,(H,17,18). The maximum Gasteiger partial charge on any atom is 0.328 e. The SMILES string of the molecule is CCN(CC1CC1)S(=O)(=O)c1cccc(C=CC(=O)O)c1. The minimum Gasteiger partial charge on any atom is -0.478 e. The summed E-state index contributed by atoms with van der Waals surface area (Å²) >= 11 is 0. The number of rotatable bonds is 7. The summed E-state index contributed by atoms with van der Waals surface area (Å²) in [6.07, 6.45) is 4.56. The predicted octanol–water partition coefficient (Wildman–Crippen LogP) is 2.21. The number of carboxylic acid groups (broad SMARTS) is 1. The molecule has 0 amide bonds. The molecule has 2 rings (SSSR count). The van der Waals surface area contributed by atoms with Crippen molar-refractivity contribution in [3.63, 3.8) is 0 Å². The lowest BCUT2D eigenvalue weighted by molar-refractivity contribution is -0.131.